The van der Waals surface area contributed by atoms with Crippen molar-refractivity contribution in [2.75, 3.05) is 6.61 Å². The lowest BCUT2D eigenvalue weighted by Gasteiger charge is -2.08. The highest BCUT2D eigenvalue weighted by atomic mass is 32.2. The maximum Gasteiger partial charge on any atom is 0.120 e. The minimum atomic E-state index is 0.605. The first-order chi connectivity index (χ1) is 11.7. The van der Waals surface area contributed by atoms with Crippen LogP contribution < -0.4 is 4.74 Å². The average Bonchev–Trinajstić information content (AvgIpc) is 2.60. The molecule has 0 amide bonds. The third-order valence-corrected chi connectivity index (χ3v) is 4.74. The van der Waals surface area contributed by atoms with Gasteiger partial charge in [0, 0.05) is 11.1 Å². The maximum absolute atomic E-state index is 9.45. The number of pyridine rings is 1. The van der Waals surface area contributed by atoms with Gasteiger partial charge in [0.25, 0.3) is 0 Å². The molecule has 0 saturated carbocycles. The Morgan fingerprint density at radius 1 is 1.12 bits per heavy atom. The Bertz CT molecular complexity index is 898. The molecule has 3 rings (SSSR count). The fourth-order valence-corrected chi connectivity index (χ4v) is 3.34. The van der Waals surface area contributed by atoms with Gasteiger partial charge in [-0.25, -0.2) is 4.98 Å². The zero-order valence-electron chi connectivity index (χ0n) is 13.7. The molecule has 0 aliphatic carbocycles. The lowest BCUT2D eigenvalue weighted by atomic mass is 10.1. The van der Waals surface area contributed by atoms with Gasteiger partial charge < -0.3 is 4.74 Å². The summed E-state index contributed by atoms with van der Waals surface area (Å²) in [6.45, 7) is 4.65. The van der Waals surface area contributed by atoms with Crippen molar-refractivity contribution in [1.29, 1.82) is 5.26 Å². The molecule has 3 aromatic rings. The molecule has 0 spiro atoms. The number of hydrogen-bond donors (Lipinski definition) is 0. The molecule has 0 unspecified atom stereocenters. The first kappa shape index (κ1) is 16.4. The van der Waals surface area contributed by atoms with Crippen LogP contribution in [0.2, 0.25) is 0 Å². The summed E-state index contributed by atoms with van der Waals surface area (Å²) >= 11 is 1.60. The summed E-state index contributed by atoms with van der Waals surface area (Å²) in [4.78, 5) is 4.66. The molecule has 0 bridgehead atoms. The number of nitriles is 1. The van der Waals surface area contributed by atoms with Gasteiger partial charge in [-0.15, -0.1) is 11.8 Å². The summed E-state index contributed by atoms with van der Waals surface area (Å²) in [6, 6.07) is 18.4. The third kappa shape index (κ3) is 3.69. The van der Waals surface area contributed by atoms with Gasteiger partial charge in [-0.2, -0.15) is 5.26 Å². The van der Waals surface area contributed by atoms with Crippen molar-refractivity contribution in [2.45, 2.75) is 24.6 Å². The molecule has 120 valence electrons. The molecule has 0 aliphatic rings. The van der Waals surface area contributed by atoms with E-state index in [-0.39, 0.29) is 0 Å². The van der Waals surface area contributed by atoms with Crippen molar-refractivity contribution in [3.8, 4) is 11.8 Å². The number of fused-ring (bicyclic) bond motifs is 1. The Hall–Kier alpha value is -2.51. The normalized spacial score (nSPS) is 10.5. The molecule has 0 saturated heterocycles. The predicted octanol–water partition coefficient (Wildman–Crippen LogP) is 5.11. The molecule has 3 nitrogen and oxygen atoms in total. The largest absolute Gasteiger partial charge is 0.494 e. The van der Waals surface area contributed by atoms with E-state index in [0.717, 1.165) is 27.4 Å². The summed E-state index contributed by atoms with van der Waals surface area (Å²) in [5.41, 5.74) is 3.95. The van der Waals surface area contributed by atoms with Gasteiger partial charge in [-0.3, -0.25) is 0 Å². The summed E-state index contributed by atoms with van der Waals surface area (Å²) in [7, 11) is 0. The number of hydrogen-bond acceptors (Lipinski definition) is 4. The number of thioether (sulfide) groups is 1. The van der Waals surface area contributed by atoms with Gasteiger partial charge in [-0.1, -0.05) is 29.8 Å². The number of nitrogens with zero attached hydrogens (tertiary/aromatic N) is 2. The van der Waals surface area contributed by atoms with Crippen molar-refractivity contribution in [3.05, 3.63) is 65.2 Å². The summed E-state index contributed by atoms with van der Waals surface area (Å²) < 4.78 is 5.52. The number of aryl methyl sites for hydroxylation is 1. The second kappa shape index (κ2) is 7.37. The molecule has 1 aromatic heterocycles. The number of aromatic nitrogens is 1. The van der Waals surface area contributed by atoms with Crippen molar-refractivity contribution in [1.82, 2.24) is 4.98 Å². The van der Waals surface area contributed by atoms with E-state index in [1.807, 2.05) is 31.2 Å². The monoisotopic (exact) mass is 334 g/mol. The Kier molecular flexibility index (Phi) is 5.02. The standard InChI is InChI=1S/C20H18N2OS/c1-3-23-18-8-9-19-16(11-18)10-17(12-21)20(22-19)24-13-15-6-4-14(2)5-7-15/h4-11H,3,13H2,1-2H3. The Morgan fingerprint density at radius 3 is 2.62 bits per heavy atom. The van der Waals surface area contributed by atoms with E-state index in [9.17, 15) is 5.26 Å². The van der Waals surface area contributed by atoms with Crippen molar-refractivity contribution >= 4 is 22.7 Å². The second-order valence-corrected chi connectivity index (χ2v) is 6.48. The lowest BCUT2D eigenvalue weighted by molar-refractivity contribution is 0.340. The van der Waals surface area contributed by atoms with Gasteiger partial charge in [0.1, 0.15) is 16.8 Å². The highest BCUT2D eigenvalue weighted by Gasteiger charge is 2.09. The van der Waals surface area contributed by atoms with E-state index in [4.69, 9.17) is 4.74 Å². The maximum atomic E-state index is 9.45. The van der Waals surface area contributed by atoms with Gasteiger partial charge in [0.05, 0.1) is 17.7 Å². The Labute approximate surface area is 146 Å². The molecule has 1 heterocycles. The fourth-order valence-electron chi connectivity index (χ4n) is 2.42. The number of ether oxygens (including phenoxy) is 1. The van der Waals surface area contributed by atoms with Crippen LogP contribution in [0.25, 0.3) is 10.9 Å². The van der Waals surface area contributed by atoms with E-state index in [1.165, 1.54) is 11.1 Å². The molecule has 0 radical (unpaired) electrons. The van der Waals surface area contributed by atoms with Crippen LogP contribution in [0.4, 0.5) is 0 Å². The van der Waals surface area contributed by atoms with Crippen molar-refractivity contribution < 1.29 is 4.74 Å². The van der Waals surface area contributed by atoms with Gasteiger partial charge >= 0.3 is 0 Å². The van der Waals surface area contributed by atoms with E-state index >= 15 is 0 Å². The smallest absolute Gasteiger partial charge is 0.120 e. The first-order valence-corrected chi connectivity index (χ1v) is 8.84. The molecular formula is C20H18N2OS. The minimum Gasteiger partial charge on any atom is -0.494 e. The minimum absolute atomic E-state index is 0.605. The first-order valence-electron chi connectivity index (χ1n) is 7.85. The average molecular weight is 334 g/mol. The Balaban J connectivity index is 1.88. The molecule has 2 aromatic carbocycles. The number of rotatable bonds is 5. The van der Waals surface area contributed by atoms with Crippen LogP contribution in [0.3, 0.4) is 0 Å². The fraction of sp³-hybridized carbons (Fsp3) is 0.200. The van der Waals surface area contributed by atoms with Crippen LogP contribution in [0.15, 0.2) is 53.6 Å². The molecule has 0 aliphatic heterocycles. The molecule has 0 fully saturated rings. The molecule has 0 N–H and O–H groups in total. The van der Waals surface area contributed by atoms with E-state index in [1.54, 1.807) is 11.8 Å². The third-order valence-electron chi connectivity index (χ3n) is 3.68. The highest BCUT2D eigenvalue weighted by molar-refractivity contribution is 7.98. The summed E-state index contributed by atoms with van der Waals surface area (Å²) in [5, 5.41) is 11.2. The SMILES string of the molecule is CCOc1ccc2nc(SCc3ccc(C)cc3)c(C#N)cc2c1. The zero-order chi connectivity index (χ0) is 16.9. The van der Waals surface area contributed by atoms with Crippen LogP contribution in [-0.2, 0) is 5.75 Å². The highest BCUT2D eigenvalue weighted by Crippen LogP contribution is 2.29. The topological polar surface area (TPSA) is 45.9 Å². The van der Waals surface area contributed by atoms with E-state index in [0.29, 0.717) is 12.2 Å². The molecule has 0 atom stereocenters. The summed E-state index contributed by atoms with van der Waals surface area (Å²) in [5.74, 6) is 1.60. The van der Waals surface area contributed by atoms with Gasteiger partial charge in [-0.05, 0) is 43.7 Å². The van der Waals surface area contributed by atoms with Crippen LogP contribution in [0.5, 0.6) is 5.75 Å². The predicted molar refractivity (Wildman–Crippen MR) is 98.4 cm³/mol. The van der Waals surface area contributed by atoms with Crippen molar-refractivity contribution in [3.63, 3.8) is 0 Å². The zero-order valence-corrected chi connectivity index (χ0v) is 14.6. The van der Waals surface area contributed by atoms with E-state index < -0.39 is 0 Å². The van der Waals surface area contributed by atoms with Crippen LogP contribution in [0, 0.1) is 18.3 Å². The van der Waals surface area contributed by atoms with Crippen LogP contribution in [0.1, 0.15) is 23.6 Å². The molecule has 4 heteroatoms. The van der Waals surface area contributed by atoms with Crippen molar-refractivity contribution in [2.24, 2.45) is 0 Å². The number of benzene rings is 2. The second-order valence-electron chi connectivity index (χ2n) is 5.51. The molecule has 24 heavy (non-hydrogen) atoms. The lowest BCUT2D eigenvalue weighted by Crippen LogP contribution is -1.93. The quantitative estimate of drug-likeness (QED) is 0.609. The molecular weight excluding hydrogens is 316 g/mol. The van der Waals surface area contributed by atoms with E-state index in [2.05, 4.69) is 42.2 Å². The van der Waals surface area contributed by atoms with Crippen LogP contribution >= 0.6 is 11.8 Å². The van der Waals surface area contributed by atoms with Gasteiger partial charge in [0.2, 0.25) is 0 Å². The van der Waals surface area contributed by atoms with Gasteiger partial charge in [0.15, 0.2) is 0 Å². The Morgan fingerprint density at radius 2 is 1.92 bits per heavy atom. The van der Waals surface area contributed by atoms with Crippen LogP contribution in [-0.4, -0.2) is 11.6 Å². The summed E-state index contributed by atoms with van der Waals surface area (Å²) in [6.07, 6.45) is 0.